The Balaban J connectivity index is 1.36. The molecule has 7 heteroatoms. The van der Waals surface area contributed by atoms with Gasteiger partial charge in [0.15, 0.2) is 18.1 Å². The minimum Gasteiger partial charge on any atom is -0.490 e. The van der Waals surface area contributed by atoms with Crippen molar-refractivity contribution in [2.75, 3.05) is 37.8 Å². The molecule has 1 atom stereocenters. The number of carbonyl (C=O) groups is 2. The summed E-state index contributed by atoms with van der Waals surface area (Å²) in [5.74, 6) is 1.86. The number of ether oxygens (including phenoxy) is 3. The first-order chi connectivity index (χ1) is 14.7. The van der Waals surface area contributed by atoms with Gasteiger partial charge in [0.25, 0.3) is 5.91 Å². The van der Waals surface area contributed by atoms with E-state index < -0.39 is 0 Å². The van der Waals surface area contributed by atoms with Gasteiger partial charge in [0.05, 0.1) is 24.9 Å². The van der Waals surface area contributed by atoms with Crippen molar-refractivity contribution in [2.45, 2.75) is 25.3 Å². The van der Waals surface area contributed by atoms with Crippen molar-refractivity contribution in [3.05, 3.63) is 48.0 Å². The van der Waals surface area contributed by atoms with E-state index in [0.717, 1.165) is 36.3 Å². The minimum atomic E-state index is -0.201. The molecule has 1 fully saturated rings. The van der Waals surface area contributed by atoms with Crippen molar-refractivity contribution >= 4 is 17.5 Å². The lowest BCUT2D eigenvalue weighted by Gasteiger charge is -2.32. The van der Waals surface area contributed by atoms with Gasteiger partial charge in [0.1, 0.15) is 12.3 Å². The van der Waals surface area contributed by atoms with Gasteiger partial charge >= 0.3 is 0 Å². The summed E-state index contributed by atoms with van der Waals surface area (Å²) < 4.78 is 17.0. The van der Waals surface area contributed by atoms with Gasteiger partial charge in [-0.2, -0.15) is 0 Å². The molecule has 7 nitrogen and oxygen atoms in total. The number of hydrogen-bond donors (Lipinski definition) is 0. The fourth-order valence-electron chi connectivity index (χ4n) is 4.35. The van der Waals surface area contributed by atoms with Gasteiger partial charge in [0, 0.05) is 13.0 Å². The smallest absolute Gasteiger partial charge is 0.265 e. The Hall–Kier alpha value is -3.22. The van der Waals surface area contributed by atoms with Gasteiger partial charge in [-0.3, -0.25) is 14.5 Å². The largest absolute Gasteiger partial charge is 0.490 e. The molecular weight excluding hydrogens is 384 g/mol. The average molecular weight is 408 g/mol. The summed E-state index contributed by atoms with van der Waals surface area (Å²) in [7, 11) is 0. The van der Waals surface area contributed by atoms with E-state index in [-0.39, 0.29) is 31.0 Å². The van der Waals surface area contributed by atoms with E-state index >= 15 is 0 Å². The zero-order chi connectivity index (χ0) is 20.5. The van der Waals surface area contributed by atoms with Crippen LogP contribution in [0.3, 0.4) is 0 Å². The fourth-order valence-corrected chi connectivity index (χ4v) is 4.35. The zero-order valence-corrected chi connectivity index (χ0v) is 16.7. The summed E-state index contributed by atoms with van der Waals surface area (Å²) in [6.07, 6.45) is 2.67. The molecule has 0 N–H and O–H groups in total. The lowest BCUT2D eigenvalue weighted by molar-refractivity contribution is -0.132. The second-order valence-electron chi connectivity index (χ2n) is 7.74. The van der Waals surface area contributed by atoms with Gasteiger partial charge < -0.3 is 19.1 Å². The summed E-state index contributed by atoms with van der Waals surface area (Å²) in [5.41, 5.74) is 1.69. The molecule has 0 saturated carbocycles. The summed E-state index contributed by atoms with van der Waals surface area (Å²) in [4.78, 5) is 29.1. The van der Waals surface area contributed by atoms with E-state index in [2.05, 4.69) is 0 Å². The summed E-state index contributed by atoms with van der Waals surface area (Å²) in [5, 5.41) is 0. The second kappa shape index (κ2) is 7.89. The fraction of sp³-hybridized carbons (Fsp3) is 0.391. The normalized spacial score (nSPS) is 20.4. The third-order valence-electron chi connectivity index (χ3n) is 5.83. The van der Waals surface area contributed by atoms with Crippen molar-refractivity contribution in [3.8, 4) is 17.2 Å². The third-order valence-corrected chi connectivity index (χ3v) is 5.83. The summed E-state index contributed by atoms with van der Waals surface area (Å²) in [6, 6.07) is 13.2. The summed E-state index contributed by atoms with van der Waals surface area (Å²) >= 11 is 0. The molecule has 2 amide bonds. The van der Waals surface area contributed by atoms with E-state index in [1.54, 1.807) is 0 Å². The van der Waals surface area contributed by atoms with Crippen molar-refractivity contribution in [1.82, 2.24) is 4.90 Å². The van der Waals surface area contributed by atoms with Gasteiger partial charge in [0.2, 0.25) is 5.91 Å². The number of anilines is 1. The second-order valence-corrected chi connectivity index (χ2v) is 7.74. The van der Waals surface area contributed by atoms with Crippen LogP contribution in [0.1, 0.15) is 30.9 Å². The van der Waals surface area contributed by atoms with E-state index in [1.165, 1.54) is 4.90 Å². The van der Waals surface area contributed by atoms with Crippen LogP contribution in [0.25, 0.3) is 0 Å². The van der Waals surface area contributed by atoms with Crippen LogP contribution in [0.5, 0.6) is 17.2 Å². The molecule has 3 aliphatic rings. The van der Waals surface area contributed by atoms with Gasteiger partial charge in [-0.05, 0) is 42.7 Å². The average Bonchev–Trinajstić information content (AvgIpc) is 3.14. The van der Waals surface area contributed by atoms with E-state index in [0.29, 0.717) is 31.2 Å². The molecule has 3 aliphatic heterocycles. The maximum absolute atomic E-state index is 13.2. The van der Waals surface area contributed by atoms with E-state index in [1.807, 2.05) is 47.4 Å². The van der Waals surface area contributed by atoms with Gasteiger partial charge in [-0.1, -0.05) is 18.2 Å². The Morgan fingerprint density at radius 1 is 0.967 bits per heavy atom. The van der Waals surface area contributed by atoms with Crippen LogP contribution in [0.15, 0.2) is 42.5 Å². The molecule has 0 aromatic heterocycles. The highest BCUT2D eigenvalue weighted by Crippen LogP contribution is 2.38. The number of rotatable bonds is 3. The van der Waals surface area contributed by atoms with E-state index in [9.17, 15) is 9.59 Å². The SMILES string of the molecule is O=C1COc2ccccc2N1CC(=O)N1CCC[C@H]1c1ccc2c(c1)OCCCO2. The number of hydrogen-bond acceptors (Lipinski definition) is 5. The Morgan fingerprint density at radius 3 is 2.70 bits per heavy atom. The number of para-hydroxylation sites is 2. The molecule has 2 aromatic rings. The van der Waals surface area contributed by atoms with Crippen LogP contribution in [0.4, 0.5) is 5.69 Å². The van der Waals surface area contributed by atoms with Crippen LogP contribution < -0.4 is 19.1 Å². The minimum absolute atomic E-state index is 0.0141. The Kier molecular flexibility index (Phi) is 4.94. The van der Waals surface area contributed by atoms with Crippen LogP contribution in [0.2, 0.25) is 0 Å². The number of carbonyl (C=O) groups excluding carboxylic acids is 2. The first-order valence-corrected chi connectivity index (χ1v) is 10.4. The van der Waals surface area contributed by atoms with Crippen molar-refractivity contribution in [1.29, 1.82) is 0 Å². The number of fused-ring (bicyclic) bond motifs is 2. The zero-order valence-electron chi connectivity index (χ0n) is 16.7. The number of benzene rings is 2. The number of amides is 2. The third kappa shape index (κ3) is 3.44. The van der Waals surface area contributed by atoms with Gasteiger partial charge in [-0.15, -0.1) is 0 Å². The Bertz CT molecular complexity index is 976. The molecule has 5 rings (SSSR count). The topological polar surface area (TPSA) is 68.3 Å². The molecule has 156 valence electrons. The van der Waals surface area contributed by atoms with Crippen LogP contribution in [-0.4, -0.2) is 49.6 Å². The number of nitrogens with zero attached hydrogens (tertiary/aromatic N) is 2. The maximum atomic E-state index is 13.2. The molecule has 0 unspecified atom stereocenters. The van der Waals surface area contributed by atoms with Gasteiger partial charge in [-0.25, -0.2) is 0 Å². The molecule has 1 saturated heterocycles. The van der Waals surface area contributed by atoms with Crippen LogP contribution in [-0.2, 0) is 9.59 Å². The first-order valence-electron chi connectivity index (χ1n) is 10.4. The molecule has 3 heterocycles. The standard InChI is InChI=1S/C23H24N2O5/c26-22(14-25-18-5-1-2-7-19(18)30-15-23(25)27)24-10-3-6-17(24)16-8-9-20-21(13-16)29-12-4-11-28-20/h1-2,5,7-9,13,17H,3-4,6,10-12,14-15H2/t17-/m0/s1. The monoisotopic (exact) mass is 408 g/mol. The van der Waals surface area contributed by atoms with E-state index in [4.69, 9.17) is 14.2 Å². The highest BCUT2D eigenvalue weighted by Gasteiger charge is 2.34. The predicted molar refractivity (Wildman–Crippen MR) is 110 cm³/mol. The molecule has 0 spiro atoms. The molecule has 2 aromatic carbocycles. The lowest BCUT2D eigenvalue weighted by Crippen LogP contribution is -2.46. The van der Waals surface area contributed by atoms with Crippen molar-refractivity contribution in [3.63, 3.8) is 0 Å². The van der Waals surface area contributed by atoms with Crippen LogP contribution in [0, 0.1) is 0 Å². The molecule has 0 bridgehead atoms. The Morgan fingerprint density at radius 2 is 1.80 bits per heavy atom. The highest BCUT2D eigenvalue weighted by molar-refractivity contribution is 6.02. The summed E-state index contributed by atoms with van der Waals surface area (Å²) in [6.45, 7) is 1.92. The van der Waals surface area contributed by atoms with Crippen LogP contribution >= 0.6 is 0 Å². The predicted octanol–water partition coefficient (Wildman–Crippen LogP) is 2.94. The molecular formula is C23H24N2O5. The lowest BCUT2D eigenvalue weighted by atomic mass is 10.0. The highest BCUT2D eigenvalue weighted by atomic mass is 16.5. The Labute approximate surface area is 175 Å². The molecule has 0 aliphatic carbocycles. The number of likely N-dealkylation sites (tertiary alicyclic amines) is 1. The molecule has 0 radical (unpaired) electrons. The van der Waals surface area contributed by atoms with Crippen molar-refractivity contribution in [2.24, 2.45) is 0 Å². The molecule has 30 heavy (non-hydrogen) atoms. The van der Waals surface area contributed by atoms with Crippen molar-refractivity contribution < 1.29 is 23.8 Å². The quantitative estimate of drug-likeness (QED) is 0.781. The first kappa shape index (κ1) is 18.8. The maximum Gasteiger partial charge on any atom is 0.265 e.